The molecule has 38 heavy (non-hydrogen) atoms. The number of benzene rings is 2. The largest absolute Gasteiger partial charge is 0.512 e. The first-order valence-corrected chi connectivity index (χ1v) is 12.4. The van der Waals surface area contributed by atoms with Gasteiger partial charge in [-0.25, -0.2) is 4.79 Å². The molecule has 8 nitrogen and oxygen atoms in total. The molecule has 0 aliphatic carbocycles. The number of rotatable bonds is 10. The van der Waals surface area contributed by atoms with Crippen LogP contribution < -0.4 is 10.1 Å². The number of amides is 1. The highest BCUT2D eigenvalue weighted by Crippen LogP contribution is 2.27. The second-order valence-corrected chi connectivity index (χ2v) is 9.77. The molecule has 0 atom stereocenters. The van der Waals surface area contributed by atoms with Gasteiger partial charge in [0.2, 0.25) is 0 Å². The van der Waals surface area contributed by atoms with Gasteiger partial charge in [-0.1, -0.05) is 30.3 Å². The Hall–Kier alpha value is -4.07. The highest BCUT2D eigenvalue weighted by Gasteiger charge is 2.16. The van der Waals surface area contributed by atoms with Crippen molar-refractivity contribution >= 4 is 23.4 Å². The van der Waals surface area contributed by atoms with E-state index in [0.29, 0.717) is 33.8 Å². The number of hydrogen-bond donors (Lipinski definition) is 2. The Balaban J connectivity index is 2.30. The minimum atomic E-state index is -0.599. The third kappa shape index (κ3) is 9.76. The van der Waals surface area contributed by atoms with Crippen molar-refractivity contribution in [2.75, 3.05) is 6.61 Å². The van der Waals surface area contributed by atoms with Crippen LogP contribution in [0.25, 0.3) is 5.57 Å². The van der Waals surface area contributed by atoms with Gasteiger partial charge >= 0.3 is 12.1 Å². The Bertz CT molecular complexity index is 1230. The summed E-state index contributed by atoms with van der Waals surface area (Å²) in [6.45, 7) is 12.3. The molecule has 2 aromatic rings. The van der Waals surface area contributed by atoms with Crippen LogP contribution in [0.1, 0.15) is 75.5 Å². The zero-order valence-corrected chi connectivity index (χ0v) is 23.1. The van der Waals surface area contributed by atoms with E-state index in [9.17, 15) is 19.5 Å². The summed E-state index contributed by atoms with van der Waals surface area (Å²) in [6.07, 6.45) is 1.14. The summed E-state index contributed by atoms with van der Waals surface area (Å²) in [6, 6.07) is 12.3. The van der Waals surface area contributed by atoms with Gasteiger partial charge in [0.1, 0.15) is 17.1 Å². The molecular formula is C30H37NO7. The fourth-order valence-corrected chi connectivity index (χ4v) is 3.52. The van der Waals surface area contributed by atoms with Crippen molar-refractivity contribution in [3.05, 3.63) is 82.3 Å². The maximum absolute atomic E-state index is 12.1. The van der Waals surface area contributed by atoms with Gasteiger partial charge in [0.05, 0.1) is 18.8 Å². The average Bonchev–Trinajstić information content (AvgIpc) is 2.81. The van der Waals surface area contributed by atoms with Crippen LogP contribution in [0.15, 0.2) is 60.1 Å². The average molecular weight is 524 g/mol. The summed E-state index contributed by atoms with van der Waals surface area (Å²) in [5.74, 6) is 0.302. The Labute approximate surface area is 224 Å². The molecule has 0 radical (unpaired) electrons. The zero-order chi connectivity index (χ0) is 28.5. The number of carbonyl (C=O) groups is 3. The van der Waals surface area contributed by atoms with Crippen LogP contribution in [0, 0.1) is 0 Å². The topological polar surface area (TPSA) is 111 Å². The Morgan fingerprint density at radius 3 is 2.32 bits per heavy atom. The number of allylic oxidation sites excluding steroid dienone is 4. The van der Waals surface area contributed by atoms with E-state index in [1.54, 1.807) is 65.8 Å². The van der Waals surface area contributed by atoms with Crippen molar-refractivity contribution in [2.24, 2.45) is 0 Å². The predicted molar refractivity (Wildman–Crippen MR) is 146 cm³/mol. The number of ketones is 1. The number of hydrogen-bond acceptors (Lipinski definition) is 7. The maximum atomic E-state index is 12.1. The lowest BCUT2D eigenvalue weighted by Crippen LogP contribution is -2.32. The molecule has 0 unspecified atom stereocenters. The monoisotopic (exact) mass is 523 g/mol. The van der Waals surface area contributed by atoms with E-state index < -0.39 is 17.7 Å². The van der Waals surface area contributed by atoms with E-state index in [2.05, 4.69) is 5.32 Å². The first kappa shape index (κ1) is 30.2. The number of esters is 1. The fraction of sp³-hybridized carbons (Fsp3) is 0.367. The number of aliphatic hydroxyl groups is 1. The van der Waals surface area contributed by atoms with Crippen LogP contribution in [-0.2, 0) is 27.2 Å². The summed E-state index contributed by atoms with van der Waals surface area (Å²) in [4.78, 5) is 36.0. The van der Waals surface area contributed by atoms with Gasteiger partial charge in [-0.15, -0.1) is 0 Å². The van der Waals surface area contributed by atoms with E-state index in [0.717, 1.165) is 5.56 Å². The van der Waals surface area contributed by atoms with Gasteiger partial charge < -0.3 is 24.6 Å². The smallest absolute Gasteiger partial charge is 0.407 e. The third-order valence-corrected chi connectivity index (χ3v) is 5.20. The number of ether oxygens (including phenoxy) is 3. The molecule has 0 bridgehead atoms. The Morgan fingerprint density at radius 2 is 1.71 bits per heavy atom. The summed E-state index contributed by atoms with van der Waals surface area (Å²) in [5, 5.41) is 13.2. The van der Waals surface area contributed by atoms with Crippen molar-refractivity contribution in [1.82, 2.24) is 5.32 Å². The van der Waals surface area contributed by atoms with Gasteiger partial charge in [0, 0.05) is 23.2 Å². The molecule has 0 saturated carbocycles. The molecule has 2 aromatic carbocycles. The molecule has 0 saturated heterocycles. The molecular weight excluding hydrogens is 486 g/mol. The summed E-state index contributed by atoms with van der Waals surface area (Å²) >= 11 is 0. The third-order valence-electron chi connectivity index (χ3n) is 5.20. The van der Waals surface area contributed by atoms with Crippen LogP contribution in [-0.4, -0.2) is 35.2 Å². The SMILES string of the molecule is CCOC(=O)Cc1ccc(C(C)=O)cc1O/C(C)=C/C(=C(\C)O)c1cccc(CNC(=O)OC(C)(C)C)c1. The van der Waals surface area contributed by atoms with Crippen LogP contribution in [0.4, 0.5) is 4.79 Å². The van der Waals surface area contributed by atoms with Gasteiger partial charge in [0.15, 0.2) is 5.78 Å². The predicted octanol–water partition coefficient (Wildman–Crippen LogP) is 6.29. The van der Waals surface area contributed by atoms with Crippen LogP contribution in [0.5, 0.6) is 5.75 Å². The summed E-state index contributed by atoms with van der Waals surface area (Å²) < 4.78 is 16.4. The lowest BCUT2D eigenvalue weighted by molar-refractivity contribution is -0.142. The van der Waals surface area contributed by atoms with Gasteiger partial charge in [-0.3, -0.25) is 9.59 Å². The van der Waals surface area contributed by atoms with Gasteiger partial charge in [0.25, 0.3) is 0 Å². The molecule has 0 aliphatic rings. The molecule has 1 amide bonds. The van der Waals surface area contributed by atoms with E-state index >= 15 is 0 Å². The van der Waals surface area contributed by atoms with E-state index in [1.165, 1.54) is 6.92 Å². The molecule has 0 heterocycles. The van der Waals surface area contributed by atoms with E-state index in [-0.39, 0.29) is 31.1 Å². The second kappa shape index (κ2) is 13.5. The van der Waals surface area contributed by atoms with Crippen molar-refractivity contribution in [3.63, 3.8) is 0 Å². The van der Waals surface area contributed by atoms with Crippen molar-refractivity contribution < 1.29 is 33.7 Å². The molecule has 0 spiro atoms. The van der Waals surface area contributed by atoms with Crippen molar-refractivity contribution in [3.8, 4) is 5.75 Å². The van der Waals surface area contributed by atoms with Gasteiger partial charge in [-0.2, -0.15) is 0 Å². The molecule has 204 valence electrons. The summed E-state index contributed by atoms with van der Waals surface area (Å²) in [7, 11) is 0. The highest BCUT2D eigenvalue weighted by atomic mass is 16.6. The quantitative estimate of drug-likeness (QED) is 0.163. The molecule has 0 aromatic heterocycles. The van der Waals surface area contributed by atoms with Crippen LogP contribution in [0.3, 0.4) is 0 Å². The number of alkyl carbamates (subject to hydrolysis) is 1. The minimum Gasteiger partial charge on any atom is -0.512 e. The number of nitrogens with one attached hydrogen (secondary N) is 1. The number of Topliss-reactive ketones (excluding diaryl/α,β-unsaturated/α-hetero) is 1. The standard InChI is InChI=1S/C30H37NO7/c1-8-36-28(34)17-25-13-12-23(20(3)32)16-27(25)37-19(2)14-26(21(4)33)24-11-9-10-22(15-24)18-31-29(35)38-30(5,6)7/h9-16,33H,8,17-18H2,1-7H3,(H,31,35)/b19-14+,26-21-. The fourth-order valence-electron chi connectivity index (χ4n) is 3.52. The number of carbonyl (C=O) groups excluding carboxylic acids is 3. The maximum Gasteiger partial charge on any atom is 0.407 e. The molecule has 0 fully saturated rings. The lowest BCUT2D eigenvalue weighted by Gasteiger charge is -2.19. The Morgan fingerprint density at radius 1 is 1.00 bits per heavy atom. The van der Waals surface area contributed by atoms with E-state index in [4.69, 9.17) is 14.2 Å². The highest BCUT2D eigenvalue weighted by molar-refractivity contribution is 5.94. The summed E-state index contributed by atoms with van der Waals surface area (Å²) in [5.41, 5.74) is 2.45. The lowest BCUT2D eigenvalue weighted by atomic mass is 10.0. The van der Waals surface area contributed by atoms with Gasteiger partial charge in [-0.05, 0) is 77.8 Å². The van der Waals surface area contributed by atoms with Crippen molar-refractivity contribution in [2.45, 2.75) is 67.0 Å². The molecule has 8 heteroatoms. The number of aliphatic hydroxyl groups excluding tert-OH is 1. The minimum absolute atomic E-state index is 0.0109. The van der Waals surface area contributed by atoms with Crippen molar-refractivity contribution in [1.29, 1.82) is 0 Å². The zero-order valence-electron chi connectivity index (χ0n) is 23.1. The first-order chi connectivity index (χ1) is 17.8. The van der Waals surface area contributed by atoms with Crippen LogP contribution >= 0.6 is 0 Å². The molecule has 2 rings (SSSR count). The first-order valence-electron chi connectivity index (χ1n) is 12.4. The second-order valence-electron chi connectivity index (χ2n) is 9.77. The normalized spacial score (nSPS) is 12.3. The molecule has 2 N–H and O–H groups in total. The van der Waals surface area contributed by atoms with Crippen LogP contribution in [0.2, 0.25) is 0 Å². The molecule has 0 aliphatic heterocycles. The van der Waals surface area contributed by atoms with E-state index in [1.807, 2.05) is 24.3 Å². The Kier molecular flexibility index (Phi) is 10.7.